The van der Waals surface area contributed by atoms with Crippen molar-refractivity contribution in [2.45, 2.75) is 119 Å². The van der Waals surface area contributed by atoms with Crippen LogP contribution < -0.4 is 0 Å². The molecule has 4 heterocycles. The quantitative estimate of drug-likeness (QED) is 0.152. The van der Waals surface area contributed by atoms with E-state index in [2.05, 4.69) is 312 Å². The Hall–Kier alpha value is -9.12. The predicted molar refractivity (Wildman–Crippen MR) is 368 cm³/mol. The summed E-state index contributed by atoms with van der Waals surface area (Å²) in [6.07, 6.45) is 4.08. The molecule has 0 unspecified atom stereocenters. The molecular weight excluding hydrogens is 1040 g/mol. The SMILES string of the molecule is Cc1ccccc1-c1ccc(-c2cc(-c3ccc(-n4c5ccc(C(C)(C)C)cc5c5cc(C(C)(C)C)ccc54)cc3)c(-c3ccc(-c4ccccc4C)cn3)cc2-c2ccc(-n3c4ccc(C(C)(C)C)cc4c4cc(C(C)(C)C)ccc43)cc2)nc1. The number of rotatable bonds is 8. The highest BCUT2D eigenvalue weighted by atomic mass is 15.0. The van der Waals surface area contributed by atoms with Crippen molar-refractivity contribution in [1.82, 2.24) is 19.1 Å². The van der Waals surface area contributed by atoms with Gasteiger partial charge in [-0.1, -0.05) is 192 Å². The lowest BCUT2D eigenvalue weighted by atomic mass is 9.85. The molecule has 0 bridgehead atoms. The lowest BCUT2D eigenvalue weighted by Gasteiger charge is -2.20. The number of fused-ring (bicyclic) bond motifs is 6. The van der Waals surface area contributed by atoms with Crippen LogP contribution >= 0.6 is 0 Å². The highest BCUT2D eigenvalue weighted by Gasteiger charge is 2.25. The van der Waals surface area contributed by atoms with E-state index in [0.717, 1.165) is 67.3 Å². The largest absolute Gasteiger partial charge is 0.309 e. The number of pyridine rings is 2. The smallest absolute Gasteiger partial charge is 0.0708 e. The van der Waals surface area contributed by atoms with Gasteiger partial charge in [0.05, 0.1) is 33.5 Å². The molecule has 0 aliphatic rings. The van der Waals surface area contributed by atoms with Crippen LogP contribution in [-0.2, 0) is 21.7 Å². The minimum atomic E-state index is 0.0110. The summed E-state index contributed by atoms with van der Waals surface area (Å²) in [5.41, 5.74) is 27.6. The van der Waals surface area contributed by atoms with Crippen molar-refractivity contribution in [2.75, 3.05) is 0 Å². The summed E-state index contributed by atoms with van der Waals surface area (Å²) >= 11 is 0. The van der Waals surface area contributed by atoms with E-state index in [1.54, 1.807) is 0 Å². The summed E-state index contributed by atoms with van der Waals surface area (Å²) in [7, 11) is 0. The summed E-state index contributed by atoms with van der Waals surface area (Å²) in [6, 6.07) is 77.3. The van der Waals surface area contributed by atoms with Gasteiger partial charge in [-0.2, -0.15) is 0 Å². The van der Waals surface area contributed by atoms with Crippen molar-refractivity contribution in [2.24, 2.45) is 0 Å². The van der Waals surface area contributed by atoms with E-state index in [4.69, 9.17) is 9.97 Å². The molecular formula is C82H78N4. The van der Waals surface area contributed by atoms with E-state index < -0.39 is 0 Å². The van der Waals surface area contributed by atoms with Crippen molar-refractivity contribution in [3.05, 3.63) is 252 Å². The minimum Gasteiger partial charge on any atom is -0.309 e. The second-order valence-electron chi connectivity index (χ2n) is 28.1. The van der Waals surface area contributed by atoms with Crippen LogP contribution in [0.25, 0.3) is 122 Å². The molecule has 0 fully saturated rings. The van der Waals surface area contributed by atoms with Gasteiger partial charge in [-0.3, -0.25) is 9.97 Å². The highest BCUT2D eigenvalue weighted by molar-refractivity contribution is 6.11. The van der Waals surface area contributed by atoms with Gasteiger partial charge in [0.2, 0.25) is 0 Å². The lowest BCUT2D eigenvalue weighted by Crippen LogP contribution is -2.10. The summed E-state index contributed by atoms with van der Waals surface area (Å²) in [5.74, 6) is 0. The van der Waals surface area contributed by atoms with Gasteiger partial charge >= 0.3 is 0 Å². The molecule has 4 heteroatoms. The molecule has 0 aliphatic carbocycles. The van der Waals surface area contributed by atoms with Gasteiger partial charge in [-0.05, 0) is 199 Å². The van der Waals surface area contributed by atoms with Gasteiger partial charge in [0.1, 0.15) is 0 Å². The van der Waals surface area contributed by atoms with E-state index in [0.29, 0.717) is 0 Å². The second kappa shape index (κ2) is 20.8. The Morgan fingerprint density at radius 2 is 0.558 bits per heavy atom. The zero-order valence-electron chi connectivity index (χ0n) is 52.6. The van der Waals surface area contributed by atoms with Crippen LogP contribution in [0.5, 0.6) is 0 Å². The Bertz CT molecular complexity index is 4300. The van der Waals surface area contributed by atoms with Gasteiger partial charge in [0, 0.05) is 67.6 Å². The first-order valence-electron chi connectivity index (χ1n) is 30.6. The fraction of sp³-hybridized carbons (Fsp3) is 0.220. The molecule has 13 rings (SSSR count). The Labute approximate surface area is 508 Å². The fourth-order valence-corrected chi connectivity index (χ4v) is 12.8. The van der Waals surface area contributed by atoms with Crippen molar-refractivity contribution >= 4 is 43.6 Å². The zero-order chi connectivity index (χ0) is 60.2. The number of hydrogen-bond donors (Lipinski definition) is 0. The Morgan fingerprint density at radius 1 is 0.267 bits per heavy atom. The van der Waals surface area contributed by atoms with Crippen LogP contribution in [0.2, 0.25) is 0 Å². The highest BCUT2D eigenvalue weighted by Crippen LogP contribution is 2.45. The zero-order valence-corrected chi connectivity index (χ0v) is 52.6. The predicted octanol–water partition coefficient (Wildman–Crippen LogP) is 22.5. The van der Waals surface area contributed by atoms with Crippen molar-refractivity contribution in [3.8, 4) is 78.4 Å². The minimum absolute atomic E-state index is 0.0110. The van der Waals surface area contributed by atoms with E-state index >= 15 is 0 Å². The van der Waals surface area contributed by atoms with Crippen LogP contribution in [-0.4, -0.2) is 19.1 Å². The maximum Gasteiger partial charge on any atom is 0.0708 e. The first-order chi connectivity index (χ1) is 41.0. The summed E-state index contributed by atoms with van der Waals surface area (Å²) in [5, 5.41) is 5.11. The lowest BCUT2D eigenvalue weighted by molar-refractivity contribution is 0.590. The molecule has 0 spiro atoms. The number of benzene rings is 9. The molecule has 0 atom stereocenters. The Morgan fingerprint density at radius 3 is 0.826 bits per heavy atom. The first-order valence-corrected chi connectivity index (χ1v) is 30.6. The number of aromatic nitrogens is 4. The van der Waals surface area contributed by atoms with Crippen LogP contribution in [0.15, 0.2) is 219 Å². The molecule has 9 aromatic carbocycles. The number of aryl methyl sites for hydroxylation is 2. The topological polar surface area (TPSA) is 35.6 Å². The monoisotopic (exact) mass is 1120 g/mol. The third-order valence-electron chi connectivity index (χ3n) is 18.0. The second-order valence-corrected chi connectivity index (χ2v) is 28.1. The standard InChI is InChI=1S/C82H78N4/c1-51-19-15-17-21-63(51)55-27-37-73(83-49-55)67-47-66(54-25-35-62(36-26-54)86-77-41-31-59(81(9,10)11)45-71(77)72-46-60(82(12,13)14)32-42-78(72)86)68(74-38-28-56(50-84-74)64-22-18-16-20-52(64)2)48-65(67)53-23-33-61(34-24-53)85-75-39-29-57(79(3,4)5)43-69(75)70-44-58(80(6,7)8)30-40-76(70)85/h15-50H,1-14H3. The maximum atomic E-state index is 5.34. The molecule has 0 amide bonds. The molecule has 4 aromatic heterocycles. The van der Waals surface area contributed by atoms with Crippen LogP contribution in [0.3, 0.4) is 0 Å². The van der Waals surface area contributed by atoms with Crippen molar-refractivity contribution in [1.29, 1.82) is 0 Å². The Balaban J connectivity index is 1.01. The number of hydrogen-bond acceptors (Lipinski definition) is 2. The third kappa shape index (κ3) is 10.1. The average Bonchev–Trinajstić information content (AvgIpc) is 1.65. The molecule has 0 radical (unpaired) electrons. The van der Waals surface area contributed by atoms with Crippen LogP contribution in [0.1, 0.15) is 116 Å². The number of nitrogens with zero attached hydrogens (tertiary/aromatic N) is 4. The summed E-state index contributed by atoms with van der Waals surface area (Å²) < 4.78 is 4.90. The van der Waals surface area contributed by atoms with E-state index in [1.807, 2.05) is 12.4 Å². The van der Waals surface area contributed by atoms with E-state index in [1.165, 1.54) is 88.1 Å². The Kier molecular flexibility index (Phi) is 13.6. The fourth-order valence-electron chi connectivity index (χ4n) is 12.8. The molecule has 0 saturated heterocycles. The van der Waals surface area contributed by atoms with Crippen molar-refractivity contribution < 1.29 is 0 Å². The normalized spacial score (nSPS) is 12.5. The van der Waals surface area contributed by atoms with Gasteiger partial charge in [0.25, 0.3) is 0 Å². The molecule has 0 N–H and O–H groups in total. The molecule has 86 heavy (non-hydrogen) atoms. The van der Waals surface area contributed by atoms with Gasteiger partial charge in [-0.15, -0.1) is 0 Å². The van der Waals surface area contributed by atoms with Crippen LogP contribution in [0, 0.1) is 13.8 Å². The van der Waals surface area contributed by atoms with Gasteiger partial charge < -0.3 is 9.13 Å². The van der Waals surface area contributed by atoms with Crippen LogP contribution in [0.4, 0.5) is 0 Å². The van der Waals surface area contributed by atoms with Gasteiger partial charge in [0.15, 0.2) is 0 Å². The molecule has 0 saturated carbocycles. The molecule has 426 valence electrons. The summed E-state index contributed by atoms with van der Waals surface area (Å²) in [4.78, 5) is 10.7. The maximum absolute atomic E-state index is 5.34. The van der Waals surface area contributed by atoms with E-state index in [9.17, 15) is 0 Å². The third-order valence-corrected chi connectivity index (χ3v) is 18.0. The van der Waals surface area contributed by atoms with E-state index in [-0.39, 0.29) is 21.7 Å². The van der Waals surface area contributed by atoms with Gasteiger partial charge in [-0.25, -0.2) is 0 Å². The molecule has 4 nitrogen and oxygen atoms in total. The molecule has 0 aliphatic heterocycles. The molecule has 13 aromatic rings. The first kappa shape index (κ1) is 56.0. The van der Waals surface area contributed by atoms with Crippen molar-refractivity contribution in [3.63, 3.8) is 0 Å². The average molecular weight is 1120 g/mol. The summed E-state index contributed by atoms with van der Waals surface area (Å²) in [6.45, 7) is 32.0.